The van der Waals surface area contributed by atoms with E-state index >= 15 is 0 Å². The standard InChI is InChI=1S/C4N12O5/c17-14(2-7-11-4(12-8-2)16(20)21)13-1-5-9-3(10-6-1)15(18)19. The molecule has 0 amide bonds. The Hall–Kier alpha value is -3.92. The van der Waals surface area contributed by atoms with Crippen molar-refractivity contribution in [2.45, 2.75) is 0 Å². The summed E-state index contributed by atoms with van der Waals surface area (Å²) in [6.45, 7) is 0. The van der Waals surface area contributed by atoms with E-state index in [0.29, 0.717) is 0 Å². The van der Waals surface area contributed by atoms with Crippen LogP contribution in [0, 0.1) is 25.4 Å². The Balaban J connectivity index is 2.23. The van der Waals surface area contributed by atoms with Gasteiger partial charge < -0.3 is 25.4 Å². The summed E-state index contributed by atoms with van der Waals surface area (Å²) in [5, 5.41) is 59.5. The summed E-state index contributed by atoms with van der Waals surface area (Å²) >= 11 is 0. The third-order valence-electron chi connectivity index (χ3n) is 1.59. The topological polar surface area (TPSA) is 228 Å². The van der Waals surface area contributed by atoms with Gasteiger partial charge in [-0.15, -0.1) is 4.86 Å². The molecule has 0 N–H and O–H groups in total. The van der Waals surface area contributed by atoms with Gasteiger partial charge in [-0.3, -0.25) is 0 Å². The summed E-state index contributed by atoms with van der Waals surface area (Å²) < 4.78 is 0. The van der Waals surface area contributed by atoms with Gasteiger partial charge in [-0.1, -0.05) is 5.11 Å². The number of aromatic nitrogens is 8. The van der Waals surface area contributed by atoms with Crippen molar-refractivity contribution in [2.24, 2.45) is 5.11 Å². The van der Waals surface area contributed by atoms with Gasteiger partial charge in [0, 0.05) is 0 Å². The van der Waals surface area contributed by atoms with Crippen molar-refractivity contribution in [3.63, 3.8) is 0 Å². The van der Waals surface area contributed by atoms with Crippen LogP contribution in [-0.2, 0) is 0 Å². The summed E-state index contributed by atoms with van der Waals surface area (Å²) in [5.74, 6) is -3.18. The molecule has 0 saturated heterocycles. The molecule has 2 heterocycles. The first-order valence-corrected chi connectivity index (χ1v) is 4.60. The number of azo groups is 1. The van der Waals surface area contributed by atoms with Crippen LogP contribution in [0.4, 0.5) is 23.8 Å². The molecule has 0 fully saturated rings. The quantitative estimate of drug-likeness (QED) is 0.273. The average molecular weight is 296 g/mol. The second-order valence-corrected chi connectivity index (χ2v) is 2.89. The van der Waals surface area contributed by atoms with Gasteiger partial charge in [0.05, 0.1) is 10.2 Å². The lowest BCUT2D eigenvalue weighted by molar-refractivity contribution is -0.447. The first kappa shape index (κ1) is 13.5. The zero-order valence-electron chi connectivity index (χ0n) is 9.41. The molecule has 2 aromatic rings. The summed E-state index contributed by atoms with van der Waals surface area (Å²) in [6.07, 6.45) is 0. The van der Waals surface area contributed by atoms with Crippen molar-refractivity contribution >= 4 is 23.8 Å². The van der Waals surface area contributed by atoms with Crippen LogP contribution >= 0.6 is 0 Å². The molecule has 2 aromatic heterocycles. The van der Waals surface area contributed by atoms with Gasteiger partial charge in [-0.2, -0.15) is 0 Å². The molecule has 0 bridgehead atoms. The van der Waals surface area contributed by atoms with E-state index in [4.69, 9.17) is 0 Å². The lowest BCUT2D eigenvalue weighted by Crippen LogP contribution is -2.06. The van der Waals surface area contributed by atoms with Crippen LogP contribution in [0.15, 0.2) is 5.11 Å². The summed E-state index contributed by atoms with van der Waals surface area (Å²) in [6, 6.07) is 0. The van der Waals surface area contributed by atoms with Crippen molar-refractivity contribution in [2.75, 3.05) is 0 Å². The monoisotopic (exact) mass is 296 g/mol. The highest BCUT2D eigenvalue weighted by atomic mass is 16.6. The highest BCUT2D eigenvalue weighted by Gasteiger charge is 2.22. The van der Waals surface area contributed by atoms with E-state index in [-0.39, 0.29) is 4.86 Å². The molecule has 17 nitrogen and oxygen atoms in total. The minimum atomic E-state index is -0.969. The Kier molecular flexibility index (Phi) is 3.46. The van der Waals surface area contributed by atoms with Gasteiger partial charge in [-0.05, 0) is 20.0 Å². The highest BCUT2D eigenvalue weighted by molar-refractivity contribution is 5.08. The molecule has 0 aliphatic heterocycles. The number of rotatable bonds is 4. The van der Waals surface area contributed by atoms with E-state index in [9.17, 15) is 25.4 Å². The molecule has 0 saturated carbocycles. The predicted octanol–water partition coefficient (Wildman–Crippen LogP) is -1.41. The maximum atomic E-state index is 11.4. The molecule has 0 aliphatic carbocycles. The number of hydrogen-bond donors (Lipinski definition) is 0. The maximum Gasteiger partial charge on any atom is 0.542 e. The van der Waals surface area contributed by atoms with Crippen LogP contribution in [0.2, 0.25) is 0 Å². The van der Waals surface area contributed by atoms with Crippen molar-refractivity contribution < 1.29 is 14.7 Å². The van der Waals surface area contributed by atoms with E-state index in [0.717, 1.165) is 0 Å². The molecule has 2 rings (SSSR count). The fraction of sp³-hybridized carbons (Fsp3) is 0. The molecular formula is C4N12O5. The summed E-state index contributed by atoms with van der Waals surface area (Å²) in [7, 11) is 0. The highest BCUT2D eigenvalue weighted by Crippen LogP contribution is 2.08. The van der Waals surface area contributed by atoms with E-state index in [1.807, 2.05) is 0 Å². The molecule has 0 unspecified atom stereocenters. The average Bonchev–Trinajstić information content (AvgIpc) is 2.47. The van der Waals surface area contributed by atoms with E-state index in [2.05, 4.69) is 45.9 Å². The molecule has 21 heavy (non-hydrogen) atoms. The Labute approximate surface area is 111 Å². The lowest BCUT2D eigenvalue weighted by Gasteiger charge is -1.97. The molecule has 17 heteroatoms. The van der Waals surface area contributed by atoms with Gasteiger partial charge in [0.25, 0.3) is 0 Å². The first-order chi connectivity index (χ1) is 9.97. The number of nitro groups is 2. The van der Waals surface area contributed by atoms with Crippen LogP contribution in [0.25, 0.3) is 0 Å². The number of hydrogen-bond acceptors (Lipinski definition) is 14. The molecule has 106 valence electrons. The van der Waals surface area contributed by atoms with Crippen molar-refractivity contribution in [3.8, 4) is 0 Å². The van der Waals surface area contributed by atoms with Crippen molar-refractivity contribution in [1.82, 2.24) is 40.8 Å². The first-order valence-electron chi connectivity index (χ1n) is 4.60. The zero-order valence-corrected chi connectivity index (χ0v) is 9.41. The third kappa shape index (κ3) is 3.10. The molecule has 0 aliphatic rings. The lowest BCUT2D eigenvalue weighted by atomic mass is 11.0. The van der Waals surface area contributed by atoms with Gasteiger partial charge in [0.2, 0.25) is 0 Å². The van der Waals surface area contributed by atoms with Crippen LogP contribution in [0.5, 0.6) is 0 Å². The molecule has 0 spiro atoms. The predicted molar refractivity (Wildman–Crippen MR) is 53.9 cm³/mol. The van der Waals surface area contributed by atoms with Gasteiger partial charge in [0.1, 0.15) is 20.4 Å². The van der Waals surface area contributed by atoms with E-state index in [1.54, 1.807) is 0 Å². The smallest absolute Gasteiger partial charge is 0.542 e. The van der Waals surface area contributed by atoms with Gasteiger partial charge in [-0.25, -0.2) is 0 Å². The van der Waals surface area contributed by atoms with Gasteiger partial charge >= 0.3 is 23.8 Å². The van der Waals surface area contributed by atoms with Crippen molar-refractivity contribution in [1.29, 1.82) is 0 Å². The summed E-state index contributed by atoms with van der Waals surface area (Å²) in [4.78, 5) is 18.3. The summed E-state index contributed by atoms with van der Waals surface area (Å²) in [5.41, 5.74) is 0. The Morgan fingerprint density at radius 2 is 1.05 bits per heavy atom. The molecule has 0 aromatic carbocycles. The van der Waals surface area contributed by atoms with Crippen molar-refractivity contribution in [3.05, 3.63) is 25.4 Å². The largest absolute Gasteiger partial charge is 0.721 e. The van der Waals surface area contributed by atoms with E-state index in [1.165, 1.54) is 0 Å². The van der Waals surface area contributed by atoms with Gasteiger partial charge in [0.15, 0.2) is 0 Å². The minimum absolute atomic E-state index is 0.270. The Bertz CT molecular complexity index is 709. The van der Waals surface area contributed by atoms with Crippen LogP contribution in [0.3, 0.4) is 0 Å². The van der Waals surface area contributed by atoms with E-state index < -0.39 is 33.6 Å². The van der Waals surface area contributed by atoms with Crippen LogP contribution in [0.1, 0.15) is 0 Å². The second-order valence-electron chi connectivity index (χ2n) is 2.89. The molecule has 0 atom stereocenters. The van der Waals surface area contributed by atoms with Crippen LogP contribution < -0.4 is 0 Å². The van der Waals surface area contributed by atoms with Crippen LogP contribution in [-0.4, -0.2) is 55.5 Å². The third-order valence-corrected chi connectivity index (χ3v) is 1.59. The SMILES string of the molecule is O=[N+]([O-])c1nnc(N=[N+]([O-])c2nnc([N+](=O)[O-])nn2)nn1. The fourth-order valence-corrected chi connectivity index (χ4v) is 0.826. The normalized spacial score (nSPS) is 11.1. The fourth-order valence-electron chi connectivity index (χ4n) is 0.826. The Morgan fingerprint density at radius 1 is 0.667 bits per heavy atom. The minimum Gasteiger partial charge on any atom is -0.721 e. The second kappa shape index (κ2) is 5.38. The number of nitrogens with zero attached hydrogens (tertiary/aromatic N) is 12. The maximum absolute atomic E-state index is 11.4. The Morgan fingerprint density at radius 3 is 1.48 bits per heavy atom. The zero-order chi connectivity index (χ0) is 15.4. The molecular weight excluding hydrogens is 296 g/mol. The molecule has 0 radical (unpaired) electrons.